The van der Waals surface area contributed by atoms with Crippen molar-refractivity contribution in [3.05, 3.63) is 0 Å². The second-order valence-electron chi connectivity index (χ2n) is 5.24. The van der Waals surface area contributed by atoms with Crippen LogP contribution < -0.4 is 5.32 Å². The molecule has 0 spiro atoms. The lowest BCUT2D eigenvalue weighted by Crippen LogP contribution is -2.49. The molecule has 0 aromatic carbocycles. The maximum atomic E-state index is 12.8. The van der Waals surface area contributed by atoms with E-state index in [-0.39, 0.29) is 12.0 Å². The Balaban J connectivity index is 2.73. The summed E-state index contributed by atoms with van der Waals surface area (Å²) < 4.78 is 0. The van der Waals surface area contributed by atoms with Gasteiger partial charge in [0.15, 0.2) is 0 Å². The van der Waals surface area contributed by atoms with Crippen molar-refractivity contribution in [1.82, 2.24) is 10.2 Å². The molecule has 1 aliphatic heterocycles. The highest BCUT2D eigenvalue weighted by molar-refractivity contribution is 5.83. The van der Waals surface area contributed by atoms with Crippen LogP contribution in [0, 0.1) is 5.41 Å². The fraction of sp³-hybridized carbons (Fsp3) is 0.929. The molecule has 2 N–H and O–H groups in total. The zero-order valence-electron chi connectivity index (χ0n) is 11.9. The molecule has 1 rings (SSSR count). The lowest BCUT2D eigenvalue weighted by molar-refractivity contribution is -0.144. The first-order chi connectivity index (χ1) is 8.70. The number of aliphatic hydroxyl groups is 1. The van der Waals surface area contributed by atoms with E-state index < -0.39 is 0 Å². The van der Waals surface area contributed by atoms with Crippen LogP contribution in [0.5, 0.6) is 0 Å². The zero-order chi connectivity index (χ0) is 13.4. The van der Waals surface area contributed by atoms with E-state index in [9.17, 15) is 4.79 Å². The van der Waals surface area contributed by atoms with Gasteiger partial charge in [-0.2, -0.15) is 0 Å². The first kappa shape index (κ1) is 15.4. The van der Waals surface area contributed by atoms with E-state index in [1.807, 2.05) is 11.8 Å². The number of carbonyl (C=O) groups excluding carboxylic acids is 1. The van der Waals surface area contributed by atoms with Gasteiger partial charge in [0, 0.05) is 19.7 Å². The van der Waals surface area contributed by atoms with Gasteiger partial charge in [0.25, 0.3) is 0 Å². The molecular formula is C14H28N2O2. The number of nitrogens with zero attached hydrogens (tertiary/aromatic N) is 1. The van der Waals surface area contributed by atoms with Gasteiger partial charge in [-0.3, -0.25) is 4.79 Å². The van der Waals surface area contributed by atoms with Crippen molar-refractivity contribution in [2.45, 2.75) is 46.0 Å². The van der Waals surface area contributed by atoms with Crippen molar-refractivity contribution in [1.29, 1.82) is 0 Å². The number of carbonyl (C=O) groups is 1. The summed E-state index contributed by atoms with van der Waals surface area (Å²) in [7, 11) is 0. The van der Waals surface area contributed by atoms with Crippen molar-refractivity contribution in [3.8, 4) is 0 Å². The minimum absolute atomic E-state index is 0.147. The molecule has 4 heteroatoms. The van der Waals surface area contributed by atoms with Crippen molar-refractivity contribution in [2.24, 2.45) is 5.41 Å². The first-order valence-corrected chi connectivity index (χ1v) is 7.31. The average molecular weight is 256 g/mol. The third-order valence-electron chi connectivity index (χ3n) is 4.00. The van der Waals surface area contributed by atoms with Crippen LogP contribution in [0.4, 0.5) is 0 Å². The Kier molecular flexibility index (Phi) is 6.65. The van der Waals surface area contributed by atoms with E-state index >= 15 is 0 Å². The molecule has 0 aromatic rings. The van der Waals surface area contributed by atoms with Crippen LogP contribution in [0.3, 0.4) is 0 Å². The average Bonchev–Trinajstić information content (AvgIpc) is 2.41. The summed E-state index contributed by atoms with van der Waals surface area (Å²) in [5, 5.41) is 12.3. The van der Waals surface area contributed by atoms with Crippen LogP contribution in [0.15, 0.2) is 0 Å². The smallest absolute Gasteiger partial charge is 0.228 e. The topological polar surface area (TPSA) is 52.6 Å². The maximum absolute atomic E-state index is 12.8. The summed E-state index contributed by atoms with van der Waals surface area (Å²) in [5.41, 5.74) is -0.147. The van der Waals surface area contributed by atoms with Gasteiger partial charge in [0.2, 0.25) is 5.91 Å². The minimum atomic E-state index is -0.147. The van der Waals surface area contributed by atoms with E-state index in [2.05, 4.69) is 12.2 Å². The van der Waals surface area contributed by atoms with E-state index in [0.29, 0.717) is 18.9 Å². The standard InChI is InChI=1S/C14H28N2O2/c1-3-6-14(7-9-15-10-8-14)13(18)16(4-2)11-5-12-17/h15,17H,3-12H2,1-2H3. The molecule has 0 atom stereocenters. The Labute approximate surface area is 111 Å². The van der Waals surface area contributed by atoms with E-state index in [1.165, 1.54) is 0 Å². The Morgan fingerprint density at radius 1 is 1.33 bits per heavy atom. The van der Waals surface area contributed by atoms with Crippen molar-refractivity contribution < 1.29 is 9.90 Å². The third kappa shape index (κ3) is 3.69. The molecule has 1 amide bonds. The Morgan fingerprint density at radius 3 is 2.50 bits per heavy atom. The number of rotatable bonds is 7. The van der Waals surface area contributed by atoms with Gasteiger partial charge in [0.1, 0.15) is 0 Å². The number of hydrogen-bond acceptors (Lipinski definition) is 3. The lowest BCUT2D eigenvalue weighted by atomic mass is 9.74. The first-order valence-electron chi connectivity index (χ1n) is 7.31. The molecule has 0 saturated carbocycles. The Morgan fingerprint density at radius 2 is 2.00 bits per heavy atom. The van der Waals surface area contributed by atoms with Gasteiger partial charge < -0.3 is 15.3 Å². The number of hydrogen-bond donors (Lipinski definition) is 2. The van der Waals surface area contributed by atoms with Gasteiger partial charge >= 0.3 is 0 Å². The highest BCUT2D eigenvalue weighted by Crippen LogP contribution is 2.36. The summed E-state index contributed by atoms with van der Waals surface area (Å²) in [6.45, 7) is 7.66. The summed E-state index contributed by atoms with van der Waals surface area (Å²) in [4.78, 5) is 14.7. The second kappa shape index (κ2) is 7.74. The molecule has 18 heavy (non-hydrogen) atoms. The summed E-state index contributed by atoms with van der Waals surface area (Å²) >= 11 is 0. The molecule has 1 fully saturated rings. The van der Waals surface area contributed by atoms with Gasteiger partial charge in [-0.25, -0.2) is 0 Å². The van der Waals surface area contributed by atoms with Crippen LogP contribution in [-0.2, 0) is 4.79 Å². The molecule has 1 aliphatic rings. The predicted molar refractivity (Wildman–Crippen MR) is 73.4 cm³/mol. The van der Waals surface area contributed by atoms with Gasteiger partial charge in [-0.1, -0.05) is 13.3 Å². The monoisotopic (exact) mass is 256 g/mol. The highest BCUT2D eigenvalue weighted by Gasteiger charge is 2.40. The maximum Gasteiger partial charge on any atom is 0.228 e. The fourth-order valence-corrected chi connectivity index (χ4v) is 2.95. The molecule has 106 valence electrons. The second-order valence-corrected chi connectivity index (χ2v) is 5.24. The third-order valence-corrected chi connectivity index (χ3v) is 4.00. The molecule has 0 aromatic heterocycles. The zero-order valence-corrected chi connectivity index (χ0v) is 11.9. The van der Waals surface area contributed by atoms with E-state index in [4.69, 9.17) is 5.11 Å². The van der Waals surface area contributed by atoms with Gasteiger partial charge in [-0.05, 0) is 45.7 Å². The predicted octanol–water partition coefficient (Wildman–Crippen LogP) is 1.39. The SMILES string of the molecule is CCCC1(C(=O)N(CC)CCCO)CCNCC1. The summed E-state index contributed by atoms with van der Waals surface area (Å²) in [5.74, 6) is 0.307. The van der Waals surface area contributed by atoms with Crippen molar-refractivity contribution in [3.63, 3.8) is 0 Å². The molecular weight excluding hydrogens is 228 g/mol. The van der Waals surface area contributed by atoms with Gasteiger partial charge in [-0.15, -0.1) is 0 Å². The van der Waals surface area contributed by atoms with Crippen LogP contribution in [-0.4, -0.2) is 48.7 Å². The van der Waals surface area contributed by atoms with Crippen LogP contribution in [0.2, 0.25) is 0 Å². The highest BCUT2D eigenvalue weighted by atomic mass is 16.3. The Bertz CT molecular complexity index is 245. The fourth-order valence-electron chi connectivity index (χ4n) is 2.95. The van der Waals surface area contributed by atoms with Crippen LogP contribution >= 0.6 is 0 Å². The van der Waals surface area contributed by atoms with E-state index in [1.54, 1.807) is 0 Å². The number of piperidine rings is 1. The molecule has 0 bridgehead atoms. The molecule has 0 radical (unpaired) electrons. The van der Waals surface area contributed by atoms with E-state index in [0.717, 1.165) is 45.3 Å². The molecule has 0 unspecified atom stereocenters. The molecule has 0 aliphatic carbocycles. The normalized spacial score (nSPS) is 18.6. The van der Waals surface area contributed by atoms with Gasteiger partial charge in [0.05, 0.1) is 5.41 Å². The molecule has 1 heterocycles. The van der Waals surface area contributed by atoms with Crippen molar-refractivity contribution in [2.75, 3.05) is 32.8 Å². The number of amides is 1. The summed E-state index contributed by atoms with van der Waals surface area (Å²) in [6.07, 6.45) is 4.64. The lowest BCUT2D eigenvalue weighted by Gasteiger charge is -2.40. The van der Waals surface area contributed by atoms with Crippen LogP contribution in [0.25, 0.3) is 0 Å². The quantitative estimate of drug-likeness (QED) is 0.724. The minimum Gasteiger partial charge on any atom is -0.396 e. The largest absolute Gasteiger partial charge is 0.396 e. The number of aliphatic hydroxyl groups excluding tert-OH is 1. The Hall–Kier alpha value is -0.610. The molecule has 1 saturated heterocycles. The van der Waals surface area contributed by atoms with Crippen molar-refractivity contribution >= 4 is 5.91 Å². The summed E-state index contributed by atoms with van der Waals surface area (Å²) in [6, 6.07) is 0. The molecule has 4 nitrogen and oxygen atoms in total. The number of nitrogens with one attached hydrogen (secondary N) is 1. The van der Waals surface area contributed by atoms with Crippen LogP contribution in [0.1, 0.15) is 46.0 Å².